The first kappa shape index (κ1) is 15.9. The molecule has 0 radical (unpaired) electrons. The standard InChI is InChI=1S/C16H15BrF2O2/c1-2-14(20)10-5-3-4-6-15(10)21-9-11-13(18)8-7-12(17)16(11)19/h3-8,14,20H,2,9H2,1H3/t14-/m1/s1. The van der Waals surface area contributed by atoms with Gasteiger partial charge in [0.15, 0.2) is 0 Å². The van der Waals surface area contributed by atoms with Crippen LogP contribution >= 0.6 is 15.9 Å². The molecule has 21 heavy (non-hydrogen) atoms. The van der Waals surface area contributed by atoms with Crippen LogP contribution in [0.2, 0.25) is 0 Å². The number of hydrogen-bond donors (Lipinski definition) is 1. The Bertz CT molecular complexity index is 632. The van der Waals surface area contributed by atoms with E-state index in [1.165, 1.54) is 12.1 Å². The van der Waals surface area contributed by atoms with E-state index in [4.69, 9.17) is 4.74 Å². The van der Waals surface area contributed by atoms with Crippen molar-refractivity contribution in [3.8, 4) is 5.75 Å². The minimum Gasteiger partial charge on any atom is -0.488 e. The van der Waals surface area contributed by atoms with Crippen LogP contribution in [0.4, 0.5) is 8.78 Å². The summed E-state index contributed by atoms with van der Waals surface area (Å²) < 4.78 is 33.2. The molecule has 0 aliphatic heterocycles. The van der Waals surface area contributed by atoms with Crippen molar-refractivity contribution in [2.24, 2.45) is 0 Å². The number of aliphatic hydroxyl groups excluding tert-OH is 1. The topological polar surface area (TPSA) is 29.5 Å². The quantitative estimate of drug-likeness (QED) is 0.783. The van der Waals surface area contributed by atoms with Gasteiger partial charge in [0.05, 0.1) is 16.1 Å². The molecule has 0 saturated carbocycles. The molecule has 5 heteroatoms. The zero-order valence-corrected chi connectivity index (χ0v) is 13.0. The van der Waals surface area contributed by atoms with Crippen molar-refractivity contribution in [1.29, 1.82) is 0 Å². The van der Waals surface area contributed by atoms with Crippen LogP contribution in [-0.2, 0) is 6.61 Å². The maximum atomic E-state index is 13.9. The molecule has 112 valence electrons. The van der Waals surface area contributed by atoms with Gasteiger partial charge in [-0.1, -0.05) is 25.1 Å². The van der Waals surface area contributed by atoms with Crippen molar-refractivity contribution in [3.63, 3.8) is 0 Å². The molecule has 0 fully saturated rings. The molecular weight excluding hydrogens is 342 g/mol. The van der Waals surface area contributed by atoms with Crippen LogP contribution in [0, 0.1) is 11.6 Å². The Hall–Kier alpha value is -1.46. The first-order valence-corrected chi connectivity index (χ1v) is 7.36. The molecule has 0 aromatic heterocycles. The second-order valence-electron chi connectivity index (χ2n) is 4.57. The normalized spacial score (nSPS) is 12.2. The van der Waals surface area contributed by atoms with Gasteiger partial charge in [0.25, 0.3) is 0 Å². The highest BCUT2D eigenvalue weighted by molar-refractivity contribution is 9.10. The SMILES string of the molecule is CC[C@@H](O)c1ccccc1OCc1c(F)ccc(Br)c1F. The Morgan fingerprint density at radius 3 is 2.62 bits per heavy atom. The highest BCUT2D eigenvalue weighted by Gasteiger charge is 2.15. The maximum Gasteiger partial charge on any atom is 0.146 e. The number of ether oxygens (including phenoxy) is 1. The van der Waals surface area contributed by atoms with E-state index in [1.807, 2.05) is 6.92 Å². The summed E-state index contributed by atoms with van der Waals surface area (Å²) in [6.45, 7) is 1.60. The average Bonchev–Trinajstić information content (AvgIpc) is 2.50. The van der Waals surface area contributed by atoms with Gasteiger partial charge in [-0.2, -0.15) is 0 Å². The lowest BCUT2D eigenvalue weighted by Crippen LogP contribution is -2.05. The van der Waals surface area contributed by atoms with Crippen molar-refractivity contribution in [3.05, 3.63) is 63.6 Å². The Kier molecular flexibility index (Phi) is 5.31. The number of hydrogen-bond acceptors (Lipinski definition) is 2. The van der Waals surface area contributed by atoms with Gasteiger partial charge in [0, 0.05) is 5.56 Å². The molecule has 2 aromatic rings. The zero-order valence-electron chi connectivity index (χ0n) is 11.4. The van der Waals surface area contributed by atoms with Crippen molar-refractivity contribution in [1.82, 2.24) is 0 Å². The van der Waals surface area contributed by atoms with Gasteiger partial charge in [0.1, 0.15) is 24.0 Å². The molecule has 0 spiro atoms. The van der Waals surface area contributed by atoms with Crippen LogP contribution in [-0.4, -0.2) is 5.11 Å². The van der Waals surface area contributed by atoms with Crippen molar-refractivity contribution >= 4 is 15.9 Å². The van der Waals surface area contributed by atoms with Crippen LogP contribution in [0.1, 0.15) is 30.6 Å². The fraction of sp³-hybridized carbons (Fsp3) is 0.250. The van der Waals surface area contributed by atoms with Gasteiger partial charge < -0.3 is 9.84 Å². The van der Waals surface area contributed by atoms with Crippen LogP contribution in [0.5, 0.6) is 5.75 Å². The predicted molar refractivity (Wildman–Crippen MR) is 80.1 cm³/mol. The van der Waals surface area contributed by atoms with E-state index >= 15 is 0 Å². The van der Waals surface area contributed by atoms with Crippen LogP contribution in [0.25, 0.3) is 0 Å². The second kappa shape index (κ2) is 7.00. The molecule has 2 nitrogen and oxygen atoms in total. The lowest BCUT2D eigenvalue weighted by Gasteiger charge is -2.15. The first-order chi connectivity index (χ1) is 10.0. The van der Waals surface area contributed by atoms with E-state index in [1.54, 1.807) is 24.3 Å². The van der Waals surface area contributed by atoms with Crippen LogP contribution in [0.3, 0.4) is 0 Å². The van der Waals surface area contributed by atoms with E-state index in [-0.39, 0.29) is 16.6 Å². The predicted octanol–water partition coefficient (Wildman–Crippen LogP) is 4.75. The summed E-state index contributed by atoms with van der Waals surface area (Å²) in [5.74, 6) is -0.918. The number of benzene rings is 2. The molecule has 0 saturated heterocycles. The lowest BCUT2D eigenvalue weighted by atomic mass is 10.1. The van der Waals surface area contributed by atoms with Crippen LogP contribution in [0.15, 0.2) is 40.9 Å². The highest BCUT2D eigenvalue weighted by atomic mass is 79.9. The Morgan fingerprint density at radius 1 is 1.19 bits per heavy atom. The zero-order chi connectivity index (χ0) is 15.4. The monoisotopic (exact) mass is 356 g/mol. The summed E-state index contributed by atoms with van der Waals surface area (Å²) in [4.78, 5) is 0. The van der Waals surface area contributed by atoms with Crippen molar-refractivity contribution < 1.29 is 18.6 Å². The summed E-state index contributed by atoms with van der Waals surface area (Å²) in [7, 11) is 0. The second-order valence-corrected chi connectivity index (χ2v) is 5.43. The van der Waals surface area contributed by atoms with Gasteiger partial charge in [-0.25, -0.2) is 8.78 Å². The summed E-state index contributed by atoms with van der Waals surface area (Å²) in [5.41, 5.74) is 0.459. The summed E-state index contributed by atoms with van der Waals surface area (Å²) in [6, 6.07) is 9.41. The third-order valence-electron chi connectivity index (χ3n) is 3.18. The number of aliphatic hydroxyl groups is 1. The molecule has 0 heterocycles. The fourth-order valence-electron chi connectivity index (χ4n) is 1.96. The van der Waals surface area contributed by atoms with Crippen molar-refractivity contribution in [2.45, 2.75) is 26.1 Å². The summed E-state index contributed by atoms with van der Waals surface area (Å²) in [5, 5.41) is 9.92. The molecule has 2 aromatic carbocycles. The maximum absolute atomic E-state index is 13.9. The number of halogens is 3. The largest absolute Gasteiger partial charge is 0.488 e. The Morgan fingerprint density at radius 2 is 1.90 bits per heavy atom. The molecule has 0 aliphatic carbocycles. The summed E-state index contributed by atoms with van der Waals surface area (Å²) in [6.07, 6.45) is -0.140. The molecule has 0 bridgehead atoms. The molecule has 2 rings (SSSR count). The molecule has 1 N–H and O–H groups in total. The Balaban J connectivity index is 2.23. The van der Waals surface area contributed by atoms with Gasteiger partial charge in [-0.3, -0.25) is 0 Å². The fourth-order valence-corrected chi connectivity index (χ4v) is 2.33. The molecule has 1 atom stereocenters. The third-order valence-corrected chi connectivity index (χ3v) is 3.79. The number of para-hydroxylation sites is 1. The van der Waals surface area contributed by atoms with Crippen molar-refractivity contribution in [2.75, 3.05) is 0 Å². The van der Waals surface area contributed by atoms with Gasteiger partial charge in [0.2, 0.25) is 0 Å². The van der Waals surface area contributed by atoms with Gasteiger partial charge in [-0.05, 0) is 40.5 Å². The third kappa shape index (κ3) is 3.60. The number of rotatable bonds is 5. The molecular formula is C16H15BrF2O2. The molecule has 0 unspecified atom stereocenters. The first-order valence-electron chi connectivity index (χ1n) is 6.56. The van der Waals surface area contributed by atoms with E-state index in [9.17, 15) is 13.9 Å². The minimum absolute atomic E-state index is 0.148. The van der Waals surface area contributed by atoms with E-state index in [2.05, 4.69) is 15.9 Å². The van der Waals surface area contributed by atoms with E-state index < -0.39 is 17.7 Å². The van der Waals surface area contributed by atoms with Crippen LogP contribution < -0.4 is 4.74 Å². The molecule has 0 aliphatic rings. The van der Waals surface area contributed by atoms with E-state index in [0.29, 0.717) is 17.7 Å². The highest BCUT2D eigenvalue weighted by Crippen LogP contribution is 2.29. The Labute approximate surface area is 130 Å². The van der Waals surface area contributed by atoms with E-state index in [0.717, 1.165) is 0 Å². The van der Waals surface area contributed by atoms with Gasteiger partial charge >= 0.3 is 0 Å². The minimum atomic E-state index is -0.677. The average molecular weight is 357 g/mol. The lowest BCUT2D eigenvalue weighted by molar-refractivity contribution is 0.166. The van der Waals surface area contributed by atoms with Gasteiger partial charge in [-0.15, -0.1) is 0 Å². The summed E-state index contributed by atoms with van der Waals surface area (Å²) >= 11 is 3.02. The molecule has 0 amide bonds. The smallest absolute Gasteiger partial charge is 0.146 e.